The minimum Gasteiger partial charge on any atom is -0.473 e. The third kappa shape index (κ3) is 6.50. The van der Waals surface area contributed by atoms with E-state index in [-0.39, 0.29) is 0 Å². The van der Waals surface area contributed by atoms with Crippen LogP contribution in [0.1, 0.15) is 38.5 Å². The zero-order chi connectivity index (χ0) is 18.9. The zero-order valence-electron chi connectivity index (χ0n) is 15.4. The second kappa shape index (κ2) is 10.2. The van der Waals surface area contributed by atoms with E-state index in [9.17, 15) is 0 Å². The summed E-state index contributed by atoms with van der Waals surface area (Å²) < 4.78 is 10.7. The Kier molecular flexibility index (Phi) is 8.27. The van der Waals surface area contributed by atoms with Crippen LogP contribution in [0.2, 0.25) is 0 Å². The molecule has 0 aromatic heterocycles. The molecule has 4 N–H and O–H groups in total. The van der Waals surface area contributed by atoms with Gasteiger partial charge in [-0.1, -0.05) is 0 Å². The fourth-order valence-electron chi connectivity index (χ4n) is 4.05. The van der Waals surface area contributed by atoms with Crippen molar-refractivity contribution in [1.29, 1.82) is 0 Å². The number of carboxylic acid groups (broad SMARTS) is 2. The van der Waals surface area contributed by atoms with Crippen molar-refractivity contribution in [2.75, 3.05) is 52.6 Å². The predicted molar refractivity (Wildman–Crippen MR) is 95.2 cm³/mol. The van der Waals surface area contributed by atoms with Crippen LogP contribution >= 0.6 is 0 Å². The highest BCUT2D eigenvalue weighted by atomic mass is 16.5. The molecule has 4 heterocycles. The minimum absolute atomic E-state index is 0.637. The van der Waals surface area contributed by atoms with Crippen LogP contribution in [0.25, 0.3) is 0 Å². The Hall–Kier alpha value is -1.22. The van der Waals surface area contributed by atoms with Crippen molar-refractivity contribution in [3.05, 3.63) is 0 Å². The van der Waals surface area contributed by atoms with Crippen LogP contribution < -0.4 is 10.6 Å². The van der Waals surface area contributed by atoms with Crippen LogP contribution in [0.15, 0.2) is 0 Å². The van der Waals surface area contributed by atoms with Gasteiger partial charge in [-0.15, -0.1) is 0 Å². The normalized spacial score (nSPS) is 25.7. The Morgan fingerprint density at radius 1 is 0.654 bits per heavy atom. The van der Waals surface area contributed by atoms with Crippen molar-refractivity contribution in [3.63, 3.8) is 0 Å². The van der Waals surface area contributed by atoms with Gasteiger partial charge in [0.25, 0.3) is 0 Å². The van der Waals surface area contributed by atoms with E-state index < -0.39 is 11.9 Å². The monoisotopic (exact) mass is 372 g/mol. The third-order valence-electron chi connectivity index (χ3n) is 5.95. The molecule has 0 amide bonds. The predicted octanol–water partition coefficient (Wildman–Crippen LogP) is 0.709. The van der Waals surface area contributed by atoms with Gasteiger partial charge in [0.2, 0.25) is 0 Å². The first kappa shape index (κ1) is 21.1. The summed E-state index contributed by atoms with van der Waals surface area (Å²) >= 11 is 0. The van der Waals surface area contributed by atoms with E-state index in [2.05, 4.69) is 10.6 Å². The largest absolute Gasteiger partial charge is 0.473 e. The van der Waals surface area contributed by atoms with Gasteiger partial charge in [-0.2, -0.15) is 0 Å². The van der Waals surface area contributed by atoms with Gasteiger partial charge in [0, 0.05) is 39.5 Å². The van der Waals surface area contributed by atoms with Gasteiger partial charge < -0.3 is 30.3 Å². The first-order chi connectivity index (χ1) is 12.5. The van der Waals surface area contributed by atoms with Gasteiger partial charge in [-0.25, -0.2) is 9.59 Å². The molecule has 0 aromatic carbocycles. The molecule has 0 unspecified atom stereocenters. The Morgan fingerprint density at radius 2 is 1.00 bits per heavy atom. The number of aliphatic carboxylic acids is 2. The van der Waals surface area contributed by atoms with Crippen LogP contribution in [0, 0.1) is 10.8 Å². The van der Waals surface area contributed by atoms with Crippen LogP contribution in [-0.2, 0) is 19.1 Å². The van der Waals surface area contributed by atoms with Crippen molar-refractivity contribution in [1.82, 2.24) is 10.6 Å². The molecule has 4 fully saturated rings. The zero-order valence-corrected chi connectivity index (χ0v) is 15.4. The van der Waals surface area contributed by atoms with Crippen molar-refractivity contribution >= 4 is 11.9 Å². The molecule has 0 radical (unpaired) electrons. The quantitative estimate of drug-likeness (QED) is 0.459. The first-order valence-corrected chi connectivity index (χ1v) is 9.50. The van der Waals surface area contributed by atoms with E-state index in [1.54, 1.807) is 0 Å². The summed E-state index contributed by atoms with van der Waals surface area (Å²) in [7, 11) is 0. The summed E-state index contributed by atoms with van der Waals surface area (Å²) in [5.41, 5.74) is 1.27. The van der Waals surface area contributed by atoms with Gasteiger partial charge in [-0.3, -0.25) is 0 Å². The Labute approximate surface area is 154 Å². The molecule has 0 aliphatic carbocycles. The number of rotatable bonds is 0. The van der Waals surface area contributed by atoms with Crippen LogP contribution in [-0.4, -0.2) is 74.8 Å². The minimum atomic E-state index is -1.82. The Bertz CT molecular complexity index is 401. The molecule has 26 heavy (non-hydrogen) atoms. The topological polar surface area (TPSA) is 117 Å². The first-order valence-electron chi connectivity index (χ1n) is 9.50. The van der Waals surface area contributed by atoms with E-state index in [0.717, 1.165) is 26.4 Å². The number of carbonyl (C=O) groups is 2. The van der Waals surface area contributed by atoms with Gasteiger partial charge in [0.05, 0.1) is 0 Å². The summed E-state index contributed by atoms with van der Waals surface area (Å²) in [5.74, 6) is -3.65. The van der Waals surface area contributed by atoms with E-state index in [0.29, 0.717) is 10.8 Å². The SMILES string of the molecule is C1CC2(CCOCC2)CN1.C1CC2(CCOCC2)CN1.O=C(O)C(=O)O. The van der Waals surface area contributed by atoms with E-state index in [1.165, 1.54) is 64.7 Å². The molecule has 0 aromatic rings. The Morgan fingerprint density at radius 3 is 1.23 bits per heavy atom. The van der Waals surface area contributed by atoms with Gasteiger partial charge in [-0.05, 0) is 62.4 Å². The summed E-state index contributed by atoms with van der Waals surface area (Å²) in [6.07, 6.45) is 7.85. The van der Waals surface area contributed by atoms with Crippen molar-refractivity contribution < 1.29 is 29.3 Å². The fourth-order valence-corrected chi connectivity index (χ4v) is 4.05. The fraction of sp³-hybridized carbons (Fsp3) is 0.889. The lowest BCUT2D eigenvalue weighted by molar-refractivity contribution is -0.159. The van der Waals surface area contributed by atoms with Crippen molar-refractivity contribution in [2.45, 2.75) is 38.5 Å². The van der Waals surface area contributed by atoms with Gasteiger partial charge >= 0.3 is 11.9 Å². The lowest BCUT2D eigenvalue weighted by atomic mass is 9.80. The highest BCUT2D eigenvalue weighted by molar-refractivity contribution is 6.27. The number of hydrogen-bond donors (Lipinski definition) is 4. The van der Waals surface area contributed by atoms with Gasteiger partial charge in [0.15, 0.2) is 0 Å². The molecule has 0 bridgehead atoms. The molecule has 0 atom stereocenters. The molecule has 0 saturated carbocycles. The molecular weight excluding hydrogens is 340 g/mol. The maximum Gasteiger partial charge on any atom is 0.414 e. The van der Waals surface area contributed by atoms with E-state index in [1.807, 2.05) is 0 Å². The number of ether oxygens (including phenoxy) is 2. The Balaban J connectivity index is 0.000000146. The average molecular weight is 372 g/mol. The third-order valence-corrected chi connectivity index (χ3v) is 5.95. The number of carboxylic acids is 2. The van der Waals surface area contributed by atoms with Crippen LogP contribution in [0.3, 0.4) is 0 Å². The summed E-state index contributed by atoms with van der Waals surface area (Å²) in [4.78, 5) is 18.2. The molecule has 150 valence electrons. The molecular formula is C18H32N2O6. The molecule has 8 nitrogen and oxygen atoms in total. The van der Waals surface area contributed by atoms with E-state index in [4.69, 9.17) is 29.3 Å². The molecule has 4 saturated heterocycles. The van der Waals surface area contributed by atoms with Gasteiger partial charge in [0.1, 0.15) is 0 Å². The lowest BCUT2D eigenvalue weighted by Gasteiger charge is -2.32. The summed E-state index contributed by atoms with van der Waals surface area (Å²) in [5, 5.41) is 21.6. The highest BCUT2D eigenvalue weighted by Gasteiger charge is 2.35. The highest BCUT2D eigenvalue weighted by Crippen LogP contribution is 2.36. The van der Waals surface area contributed by atoms with Crippen molar-refractivity contribution in [3.8, 4) is 0 Å². The second-order valence-electron chi connectivity index (χ2n) is 7.69. The summed E-state index contributed by atoms with van der Waals surface area (Å²) in [6, 6.07) is 0. The molecule has 2 spiro atoms. The standard InChI is InChI=1S/2C8H15NO.C2H2O4/c2*1-4-9-7-8(1)2-5-10-6-3-8;3-1(4)2(5)6/h2*9H,1-7H2;(H,3,4)(H,5,6). The van der Waals surface area contributed by atoms with Crippen LogP contribution in [0.5, 0.6) is 0 Å². The molecule has 4 aliphatic heterocycles. The second-order valence-corrected chi connectivity index (χ2v) is 7.69. The maximum atomic E-state index is 9.10. The maximum absolute atomic E-state index is 9.10. The van der Waals surface area contributed by atoms with E-state index >= 15 is 0 Å². The van der Waals surface area contributed by atoms with Crippen molar-refractivity contribution in [2.24, 2.45) is 10.8 Å². The average Bonchev–Trinajstić information content (AvgIpc) is 3.28. The smallest absolute Gasteiger partial charge is 0.414 e. The number of hydrogen-bond acceptors (Lipinski definition) is 6. The molecule has 4 rings (SSSR count). The number of nitrogens with one attached hydrogen (secondary N) is 2. The van der Waals surface area contributed by atoms with Crippen LogP contribution in [0.4, 0.5) is 0 Å². The molecule has 4 aliphatic rings. The lowest BCUT2D eigenvalue weighted by Crippen LogP contribution is -2.31. The molecule has 8 heteroatoms. The summed E-state index contributed by atoms with van der Waals surface area (Å²) in [6.45, 7) is 8.86.